The molecular formula is C20H42O2. The van der Waals surface area contributed by atoms with Crippen LogP contribution in [-0.4, -0.2) is 19.0 Å². The molecule has 134 valence electrons. The van der Waals surface area contributed by atoms with Crippen LogP contribution in [0.4, 0.5) is 0 Å². The lowest BCUT2D eigenvalue weighted by molar-refractivity contribution is -0.151. The van der Waals surface area contributed by atoms with Crippen molar-refractivity contribution in [3.63, 3.8) is 0 Å². The van der Waals surface area contributed by atoms with E-state index in [-0.39, 0.29) is 12.4 Å². The molecule has 0 saturated carbocycles. The van der Waals surface area contributed by atoms with Gasteiger partial charge in [0.15, 0.2) is 6.29 Å². The van der Waals surface area contributed by atoms with E-state index in [1.807, 2.05) is 20.8 Å². The van der Waals surface area contributed by atoms with E-state index in [9.17, 15) is 0 Å². The van der Waals surface area contributed by atoms with Crippen LogP contribution in [0.5, 0.6) is 0 Å². The van der Waals surface area contributed by atoms with E-state index in [4.69, 9.17) is 9.47 Å². The molecule has 0 rings (SSSR count). The summed E-state index contributed by atoms with van der Waals surface area (Å²) >= 11 is 0. The molecule has 0 aliphatic carbocycles. The van der Waals surface area contributed by atoms with Crippen LogP contribution in [0.3, 0.4) is 0 Å². The first-order valence-corrected chi connectivity index (χ1v) is 9.93. The second kappa shape index (κ2) is 17.3. The summed E-state index contributed by atoms with van der Waals surface area (Å²) in [6.45, 7) is 9.20. The molecule has 0 aromatic rings. The summed E-state index contributed by atoms with van der Waals surface area (Å²) in [5.74, 6) is 0. The van der Waals surface area contributed by atoms with Crippen molar-refractivity contribution < 1.29 is 9.47 Å². The van der Waals surface area contributed by atoms with Gasteiger partial charge < -0.3 is 9.47 Å². The molecule has 0 aliphatic rings. The van der Waals surface area contributed by atoms with Gasteiger partial charge in [-0.25, -0.2) is 0 Å². The summed E-state index contributed by atoms with van der Waals surface area (Å²) in [5.41, 5.74) is 0. The van der Waals surface area contributed by atoms with Gasteiger partial charge in [-0.3, -0.25) is 0 Å². The summed E-state index contributed by atoms with van der Waals surface area (Å²) in [6, 6.07) is 0. The van der Waals surface area contributed by atoms with Crippen LogP contribution in [0, 0.1) is 0 Å². The third-order valence-electron chi connectivity index (χ3n) is 4.06. The SMILES string of the molecule is CCCCCCCCCCCCCCCOC(C)OC(C)C. The molecule has 0 heterocycles. The fraction of sp³-hybridized carbons (Fsp3) is 1.00. The van der Waals surface area contributed by atoms with E-state index in [0.29, 0.717) is 0 Å². The fourth-order valence-corrected chi connectivity index (χ4v) is 2.79. The van der Waals surface area contributed by atoms with Gasteiger partial charge >= 0.3 is 0 Å². The topological polar surface area (TPSA) is 18.5 Å². The van der Waals surface area contributed by atoms with Crippen LogP contribution < -0.4 is 0 Å². The maximum Gasteiger partial charge on any atom is 0.155 e. The zero-order chi connectivity index (χ0) is 16.5. The highest BCUT2D eigenvalue weighted by molar-refractivity contribution is 4.49. The molecular weight excluding hydrogens is 272 g/mol. The number of hydrogen-bond donors (Lipinski definition) is 0. The fourth-order valence-electron chi connectivity index (χ4n) is 2.79. The molecule has 0 bridgehead atoms. The largest absolute Gasteiger partial charge is 0.353 e. The van der Waals surface area contributed by atoms with Crippen molar-refractivity contribution in [2.24, 2.45) is 0 Å². The van der Waals surface area contributed by atoms with Crippen LogP contribution in [0.1, 0.15) is 111 Å². The van der Waals surface area contributed by atoms with Crippen LogP contribution in [0.2, 0.25) is 0 Å². The highest BCUT2D eigenvalue weighted by Crippen LogP contribution is 2.12. The molecule has 22 heavy (non-hydrogen) atoms. The molecule has 0 radical (unpaired) electrons. The Balaban J connectivity index is 3.05. The van der Waals surface area contributed by atoms with Crippen LogP contribution in [0.25, 0.3) is 0 Å². The minimum atomic E-state index is -0.0580. The van der Waals surface area contributed by atoms with Crippen molar-refractivity contribution in [2.75, 3.05) is 6.61 Å². The molecule has 0 fully saturated rings. The first-order chi connectivity index (χ1) is 10.7. The lowest BCUT2D eigenvalue weighted by atomic mass is 10.0. The van der Waals surface area contributed by atoms with Crippen LogP contribution >= 0.6 is 0 Å². The monoisotopic (exact) mass is 314 g/mol. The molecule has 0 N–H and O–H groups in total. The summed E-state index contributed by atoms with van der Waals surface area (Å²) in [5, 5.41) is 0. The standard InChI is InChI=1S/C20H42O2/c1-5-6-7-8-9-10-11-12-13-14-15-16-17-18-21-20(4)22-19(2)3/h19-20H,5-18H2,1-4H3. The molecule has 0 aromatic heterocycles. The number of hydrogen-bond acceptors (Lipinski definition) is 2. The average molecular weight is 315 g/mol. The van der Waals surface area contributed by atoms with E-state index in [0.717, 1.165) is 6.61 Å². The third kappa shape index (κ3) is 18.0. The highest BCUT2D eigenvalue weighted by atomic mass is 16.7. The van der Waals surface area contributed by atoms with Crippen molar-refractivity contribution in [1.82, 2.24) is 0 Å². The number of rotatable bonds is 17. The van der Waals surface area contributed by atoms with Crippen LogP contribution in [0.15, 0.2) is 0 Å². The molecule has 0 aliphatic heterocycles. The Labute approximate surface area is 140 Å². The quantitative estimate of drug-likeness (QED) is 0.215. The number of ether oxygens (including phenoxy) is 2. The van der Waals surface area contributed by atoms with Gasteiger partial charge in [0.1, 0.15) is 0 Å². The van der Waals surface area contributed by atoms with Gasteiger partial charge in [-0.15, -0.1) is 0 Å². The van der Waals surface area contributed by atoms with Crippen molar-refractivity contribution in [3.8, 4) is 0 Å². The summed E-state index contributed by atoms with van der Waals surface area (Å²) < 4.78 is 11.2. The first kappa shape index (κ1) is 21.9. The van der Waals surface area contributed by atoms with Crippen molar-refractivity contribution >= 4 is 0 Å². The van der Waals surface area contributed by atoms with E-state index in [2.05, 4.69) is 6.92 Å². The molecule has 0 aromatic carbocycles. The Morgan fingerprint density at radius 1 is 0.591 bits per heavy atom. The zero-order valence-corrected chi connectivity index (χ0v) is 15.9. The lowest BCUT2D eigenvalue weighted by Crippen LogP contribution is -2.18. The molecule has 1 unspecified atom stereocenters. The predicted octanol–water partition coefficient (Wildman–Crippen LogP) is 6.87. The molecule has 0 spiro atoms. The van der Waals surface area contributed by atoms with Crippen molar-refractivity contribution in [3.05, 3.63) is 0 Å². The smallest absolute Gasteiger partial charge is 0.155 e. The first-order valence-electron chi connectivity index (χ1n) is 9.93. The molecule has 2 heteroatoms. The highest BCUT2D eigenvalue weighted by Gasteiger charge is 2.03. The zero-order valence-electron chi connectivity index (χ0n) is 15.9. The van der Waals surface area contributed by atoms with Gasteiger partial charge in [-0.05, 0) is 27.2 Å². The van der Waals surface area contributed by atoms with E-state index in [1.165, 1.54) is 83.5 Å². The van der Waals surface area contributed by atoms with Gasteiger partial charge in [-0.2, -0.15) is 0 Å². The Morgan fingerprint density at radius 3 is 1.41 bits per heavy atom. The van der Waals surface area contributed by atoms with Crippen molar-refractivity contribution in [1.29, 1.82) is 0 Å². The third-order valence-corrected chi connectivity index (χ3v) is 4.06. The Kier molecular flexibility index (Phi) is 17.2. The van der Waals surface area contributed by atoms with Gasteiger partial charge in [-0.1, -0.05) is 84.0 Å². The lowest BCUT2D eigenvalue weighted by Gasteiger charge is -2.16. The second-order valence-electron chi connectivity index (χ2n) is 6.87. The van der Waals surface area contributed by atoms with E-state index in [1.54, 1.807) is 0 Å². The average Bonchev–Trinajstić information content (AvgIpc) is 2.47. The summed E-state index contributed by atoms with van der Waals surface area (Å²) in [4.78, 5) is 0. The molecule has 0 amide bonds. The van der Waals surface area contributed by atoms with Gasteiger partial charge in [0.05, 0.1) is 6.10 Å². The van der Waals surface area contributed by atoms with Gasteiger partial charge in [0, 0.05) is 6.61 Å². The Morgan fingerprint density at radius 2 is 1.00 bits per heavy atom. The maximum atomic E-state index is 5.63. The van der Waals surface area contributed by atoms with Gasteiger partial charge in [0.2, 0.25) is 0 Å². The van der Waals surface area contributed by atoms with Crippen molar-refractivity contribution in [2.45, 2.75) is 124 Å². The minimum absolute atomic E-state index is 0.0580. The van der Waals surface area contributed by atoms with E-state index >= 15 is 0 Å². The Hall–Kier alpha value is -0.0800. The molecule has 0 saturated heterocycles. The van der Waals surface area contributed by atoms with Crippen LogP contribution in [-0.2, 0) is 9.47 Å². The normalized spacial score (nSPS) is 13.0. The minimum Gasteiger partial charge on any atom is -0.353 e. The van der Waals surface area contributed by atoms with Gasteiger partial charge in [0.25, 0.3) is 0 Å². The Bertz CT molecular complexity index is 204. The molecule has 1 atom stereocenters. The predicted molar refractivity (Wildman–Crippen MR) is 97.3 cm³/mol. The molecule has 2 nitrogen and oxygen atoms in total. The van der Waals surface area contributed by atoms with E-state index < -0.39 is 0 Å². The maximum absolute atomic E-state index is 5.63. The summed E-state index contributed by atoms with van der Waals surface area (Å²) in [6.07, 6.45) is 18.3. The number of unbranched alkanes of at least 4 members (excludes halogenated alkanes) is 12. The second-order valence-corrected chi connectivity index (χ2v) is 6.87. The summed E-state index contributed by atoms with van der Waals surface area (Å²) in [7, 11) is 0.